The Balaban J connectivity index is 2.31. The second-order valence-electron chi connectivity index (χ2n) is 4.14. The van der Waals surface area contributed by atoms with Gasteiger partial charge in [-0.1, -0.05) is 11.3 Å². The summed E-state index contributed by atoms with van der Waals surface area (Å²) in [5, 5.41) is 2.69. The summed E-state index contributed by atoms with van der Waals surface area (Å²) >= 11 is 6.35. The smallest absolute Gasteiger partial charge is 0.265 e. The third-order valence-corrected chi connectivity index (χ3v) is 4.12. The maximum atomic E-state index is 13.0. The van der Waals surface area contributed by atoms with Gasteiger partial charge in [0.1, 0.15) is 16.5 Å². The van der Waals surface area contributed by atoms with Gasteiger partial charge in [0, 0.05) is 19.3 Å². The number of rotatable bonds is 5. The van der Waals surface area contributed by atoms with Gasteiger partial charge >= 0.3 is 0 Å². The molecular formula is C13H14FN3O2S2. The zero-order valence-electron chi connectivity index (χ0n) is 11.3. The predicted octanol–water partition coefficient (Wildman–Crippen LogP) is 2.37. The van der Waals surface area contributed by atoms with Crippen LogP contribution in [0.5, 0.6) is 0 Å². The van der Waals surface area contributed by atoms with E-state index in [2.05, 4.69) is 5.32 Å². The number of nitrogens with one attached hydrogen (secondary N) is 1. The van der Waals surface area contributed by atoms with Crippen LogP contribution in [0.25, 0.3) is 5.69 Å². The number of thiazole rings is 1. The lowest BCUT2D eigenvalue weighted by Crippen LogP contribution is -2.27. The molecule has 21 heavy (non-hydrogen) atoms. The molecule has 0 radical (unpaired) electrons. The summed E-state index contributed by atoms with van der Waals surface area (Å²) in [5.74, 6) is -0.412. The van der Waals surface area contributed by atoms with Gasteiger partial charge in [0.2, 0.25) is 0 Å². The second-order valence-corrected chi connectivity index (χ2v) is 5.79. The van der Waals surface area contributed by atoms with Crippen molar-refractivity contribution < 1.29 is 13.9 Å². The van der Waals surface area contributed by atoms with Crippen molar-refractivity contribution in [2.45, 2.75) is 0 Å². The van der Waals surface area contributed by atoms with E-state index >= 15 is 0 Å². The number of nitrogens with zero attached hydrogens (tertiary/aromatic N) is 1. The van der Waals surface area contributed by atoms with E-state index in [0.717, 1.165) is 11.3 Å². The highest BCUT2D eigenvalue weighted by Crippen LogP contribution is 2.26. The number of nitrogen functional groups attached to an aromatic ring is 1. The van der Waals surface area contributed by atoms with Crippen LogP contribution >= 0.6 is 23.6 Å². The number of benzene rings is 1. The number of halogens is 1. The van der Waals surface area contributed by atoms with Gasteiger partial charge in [0.15, 0.2) is 3.95 Å². The molecule has 0 saturated carbocycles. The lowest BCUT2D eigenvalue weighted by Gasteiger charge is -2.07. The summed E-state index contributed by atoms with van der Waals surface area (Å²) in [6, 6.07) is 5.74. The van der Waals surface area contributed by atoms with Gasteiger partial charge in [-0.05, 0) is 36.5 Å². The number of anilines is 1. The first kappa shape index (κ1) is 15.6. The quantitative estimate of drug-likeness (QED) is 0.653. The molecule has 0 aliphatic carbocycles. The van der Waals surface area contributed by atoms with E-state index in [1.54, 1.807) is 23.8 Å². The molecule has 8 heteroatoms. The molecular weight excluding hydrogens is 313 g/mol. The lowest BCUT2D eigenvalue weighted by atomic mass is 10.3. The summed E-state index contributed by atoms with van der Waals surface area (Å²) in [6.07, 6.45) is 0. The minimum Gasteiger partial charge on any atom is -0.383 e. The van der Waals surface area contributed by atoms with Crippen molar-refractivity contribution in [3.63, 3.8) is 0 Å². The molecule has 1 aromatic carbocycles. The molecule has 0 saturated heterocycles. The number of hydrogen-bond donors (Lipinski definition) is 2. The molecule has 0 bridgehead atoms. The molecule has 0 spiro atoms. The summed E-state index contributed by atoms with van der Waals surface area (Å²) in [5.41, 5.74) is 6.62. The van der Waals surface area contributed by atoms with Crippen LogP contribution in [-0.4, -0.2) is 30.7 Å². The fourth-order valence-electron chi connectivity index (χ4n) is 1.73. The van der Waals surface area contributed by atoms with Crippen LogP contribution < -0.4 is 11.1 Å². The van der Waals surface area contributed by atoms with Gasteiger partial charge in [0.25, 0.3) is 5.91 Å². The number of aromatic nitrogens is 1. The van der Waals surface area contributed by atoms with E-state index in [1.165, 1.54) is 12.1 Å². The first-order chi connectivity index (χ1) is 10.0. The molecule has 1 aromatic heterocycles. The minimum atomic E-state index is -0.350. The maximum absolute atomic E-state index is 13.0. The third kappa shape index (κ3) is 3.46. The van der Waals surface area contributed by atoms with E-state index in [-0.39, 0.29) is 17.5 Å². The number of carbonyl (C=O) groups is 1. The molecule has 0 fully saturated rings. The molecule has 2 aromatic rings. The Morgan fingerprint density at radius 1 is 1.48 bits per heavy atom. The highest BCUT2D eigenvalue weighted by atomic mass is 32.1. The number of amides is 1. The van der Waals surface area contributed by atoms with Crippen LogP contribution in [0.1, 0.15) is 9.67 Å². The summed E-state index contributed by atoms with van der Waals surface area (Å²) in [6.45, 7) is 0.797. The molecule has 0 atom stereocenters. The normalized spacial score (nSPS) is 10.6. The fourth-order valence-corrected chi connectivity index (χ4v) is 3.01. The Morgan fingerprint density at radius 2 is 2.14 bits per heavy atom. The molecule has 112 valence electrons. The second kappa shape index (κ2) is 6.79. The number of hydrogen-bond acceptors (Lipinski definition) is 5. The first-order valence-electron chi connectivity index (χ1n) is 6.09. The average molecular weight is 327 g/mol. The zero-order valence-corrected chi connectivity index (χ0v) is 12.9. The Kier molecular flexibility index (Phi) is 5.05. The van der Waals surface area contributed by atoms with Crippen molar-refractivity contribution in [2.75, 3.05) is 26.0 Å². The Bertz CT molecular complexity index is 694. The van der Waals surface area contributed by atoms with E-state index in [1.807, 2.05) is 0 Å². The fraction of sp³-hybridized carbons (Fsp3) is 0.231. The van der Waals surface area contributed by atoms with Gasteiger partial charge in [-0.15, -0.1) is 0 Å². The minimum absolute atomic E-state index is 0.242. The number of nitrogens with two attached hydrogens (primary N) is 1. The Labute approximate surface area is 130 Å². The molecule has 0 aliphatic rings. The van der Waals surface area contributed by atoms with Crippen LogP contribution in [0.15, 0.2) is 24.3 Å². The molecule has 0 unspecified atom stereocenters. The van der Waals surface area contributed by atoms with E-state index in [0.29, 0.717) is 27.7 Å². The van der Waals surface area contributed by atoms with Crippen LogP contribution in [-0.2, 0) is 4.74 Å². The SMILES string of the molecule is COCCNC(=O)c1sc(=S)n(-c2ccc(F)cc2)c1N. The largest absolute Gasteiger partial charge is 0.383 e. The number of ether oxygens (including phenoxy) is 1. The monoisotopic (exact) mass is 327 g/mol. The van der Waals surface area contributed by atoms with Crippen molar-refractivity contribution in [1.82, 2.24) is 9.88 Å². The van der Waals surface area contributed by atoms with Crippen LogP contribution in [0.3, 0.4) is 0 Å². The Morgan fingerprint density at radius 3 is 2.76 bits per heavy atom. The van der Waals surface area contributed by atoms with Gasteiger partial charge in [-0.2, -0.15) is 0 Å². The highest BCUT2D eigenvalue weighted by molar-refractivity contribution is 7.73. The summed E-state index contributed by atoms with van der Waals surface area (Å²) < 4.78 is 19.8. The van der Waals surface area contributed by atoms with Crippen LogP contribution in [0.4, 0.5) is 10.2 Å². The van der Waals surface area contributed by atoms with Crippen molar-refractivity contribution in [2.24, 2.45) is 0 Å². The molecule has 2 rings (SSSR count). The number of methoxy groups -OCH3 is 1. The van der Waals surface area contributed by atoms with Gasteiger partial charge < -0.3 is 15.8 Å². The van der Waals surface area contributed by atoms with Gasteiger partial charge in [0.05, 0.1) is 6.61 Å². The molecule has 1 heterocycles. The average Bonchev–Trinajstić information content (AvgIpc) is 2.76. The van der Waals surface area contributed by atoms with E-state index in [4.69, 9.17) is 22.7 Å². The molecule has 0 aliphatic heterocycles. The predicted molar refractivity (Wildman–Crippen MR) is 83.1 cm³/mol. The van der Waals surface area contributed by atoms with Crippen molar-refractivity contribution in [1.29, 1.82) is 0 Å². The van der Waals surface area contributed by atoms with E-state index in [9.17, 15) is 9.18 Å². The van der Waals surface area contributed by atoms with Crippen molar-refractivity contribution >= 4 is 35.3 Å². The standard InChI is InChI=1S/C13H14FN3O2S2/c1-19-7-6-16-12(18)10-11(15)17(13(20)21-10)9-4-2-8(14)3-5-9/h2-5H,6-7,15H2,1H3,(H,16,18). The summed E-state index contributed by atoms with van der Waals surface area (Å²) in [4.78, 5) is 12.4. The summed E-state index contributed by atoms with van der Waals surface area (Å²) in [7, 11) is 1.55. The van der Waals surface area contributed by atoms with Gasteiger partial charge in [-0.3, -0.25) is 9.36 Å². The molecule has 3 N–H and O–H groups in total. The van der Waals surface area contributed by atoms with E-state index < -0.39 is 0 Å². The van der Waals surface area contributed by atoms with Crippen LogP contribution in [0, 0.1) is 9.77 Å². The number of carbonyl (C=O) groups excluding carboxylic acids is 1. The molecule has 5 nitrogen and oxygen atoms in total. The highest BCUT2D eigenvalue weighted by Gasteiger charge is 2.17. The first-order valence-corrected chi connectivity index (χ1v) is 7.31. The maximum Gasteiger partial charge on any atom is 0.265 e. The topological polar surface area (TPSA) is 69.3 Å². The lowest BCUT2D eigenvalue weighted by molar-refractivity contribution is 0.0941. The third-order valence-electron chi connectivity index (χ3n) is 2.73. The molecule has 1 amide bonds. The van der Waals surface area contributed by atoms with Crippen molar-refractivity contribution in [3.05, 3.63) is 38.9 Å². The van der Waals surface area contributed by atoms with Crippen LogP contribution in [0.2, 0.25) is 0 Å². The Hall–Kier alpha value is -1.77. The van der Waals surface area contributed by atoms with Gasteiger partial charge in [-0.25, -0.2) is 4.39 Å². The zero-order chi connectivity index (χ0) is 15.4. The van der Waals surface area contributed by atoms with Crippen molar-refractivity contribution in [3.8, 4) is 5.69 Å².